The van der Waals surface area contributed by atoms with E-state index in [1.54, 1.807) is 12.4 Å². The van der Waals surface area contributed by atoms with Gasteiger partial charge in [-0.15, -0.1) is 0 Å². The first-order chi connectivity index (χ1) is 23.9. The van der Waals surface area contributed by atoms with Crippen LogP contribution >= 0.6 is 0 Å². The molecule has 0 spiro atoms. The third kappa shape index (κ3) is 9.48. The van der Waals surface area contributed by atoms with Crippen LogP contribution in [0, 0.1) is 0 Å². The highest BCUT2D eigenvalue weighted by Gasteiger charge is 2.34. The molecule has 3 atom stereocenters. The summed E-state index contributed by atoms with van der Waals surface area (Å²) in [7, 11) is 0. The summed E-state index contributed by atoms with van der Waals surface area (Å²) in [6.07, 6.45) is 3.92. The lowest BCUT2D eigenvalue weighted by atomic mass is 9.98. The second kappa shape index (κ2) is 16.6. The molecule has 0 bridgehead atoms. The monoisotopic (exact) mass is 665 g/mol. The van der Waals surface area contributed by atoms with Crippen molar-refractivity contribution >= 4 is 17.8 Å². The fourth-order valence-corrected chi connectivity index (χ4v) is 6.32. The number of carbonyl (C=O) groups is 2. The largest absolute Gasteiger partial charge is 0.481 e. The fraction of sp³-hybridized carbons (Fsp3) is 0.368. The van der Waals surface area contributed by atoms with Crippen molar-refractivity contribution in [3.63, 3.8) is 0 Å². The molecule has 1 aromatic heterocycles. The number of piperazine rings is 1. The normalized spacial score (nSPS) is 19.8. The zero-order valence-electron chi connectivity index (χ0n) is 27.5. The van der Waals surface area contributed by atoms with Gasteiger partial charge in [0, 0.05) is 76.5 Å². The van der Waals surface area contributed by atoms with Gasteiger partial charge in [0.25, 0.3) is 0 Å². The first kappa shape index (κ1) is 34.2. The molecule has 3 heterocycles. The molecule has 4 aromatic rings. The van der Waals surface area contributed by atoms with Gasteiger partial charge in [-0.2, -0.15) is 0 Å². The van der Waals surface area contributed by atoms with E-state index < -0.39 is 12.3 Å². The number of aliphatic carboxylic acids is 1. The fourth-order valence-electron chi connectivity index (χ4n) is 6.32. The molecule has 2 saturated heterocycles. The van der Waals surface area contributed by atoms with E-state index in [1.807, 2.05) is 66.7 Å². The molecule has 11 heteroatoms. The Kier molecular flexibility index (Phi) is 11.6. The van der Waals surface area contributed by atoms with Crippen LogP contribution in [0.15, 0.2) is 91.3 Å². The molecule has 3 unspecified atom stereocenters. The second-order valence-electron chi connectivity index (χ2n) is 12.5. The van der Waals surface area contributed by atoms with Gasteiger partial charge in [0.15, 0.2) is 6.29 Å². The highest BCUT2D eigenvalue weighted by atomic mass is 16.7. The van der Waals surface area contributed by atoms with Crippen LogP contribution in [0.1, 0.15) is 60.3 Å². The number of benzene rings is 3. The molecular formula is C38H43N5O6. The molecule has 2 aliphatic heterocycles. The van der Waals surface area contributed by atoms with Gasteiger partial charge in [0.1, 0.15) is 0 Å². The molecule has 0 aliphatic carbocycles. The van der Waals surface area contributed by atoms with Gasteiger partial charge >= 0.3 is 5.97 Å². The maximum atomic E-state index is 12.2. The number of carbonyl (C=O) groups excluding carboxylic acids is 1. The summed E-state index contributed by atoms with van der Waals surface area (Å²) < 4.78 is 13.3. The predicted octanol–water partition coefficient (Wildman–Crippen LogP) is 4.87. The Morgan fingerprint density at radius 3 is 2.29 bits per heavy atom. The Hall–Kier alpha value is -4.68. The van der Waals surface area contributed by atoms with Crippen LogP contribution in [0.25, 0.3) is 11.1 Å². The third-order valence-electron chi connectivity index (χ3n) is 8.99. The smallest absolute Gasteiger partial charge is 0.303 e. The summed E-state index contributed by atoms with van der Waals surface area (Å²) in [6, 6.07) is 26.0. The van der Waals surface area contributed by atoms with Crippen LogP contribution in [0.3, 0.4) is 0 Å². The molecule has 1 amide bonds. The maximum absolute atomic E-state index is 12.2. The average molecular weight is 666 g/mol. The number of carboxylic acids is 1. The number of anilines is 1. The van der Waals surface area contributed by atoms with E-state index in [1.165, 1.54) is 0 Å². The lowest BCUT2D eigenvalue weighted by molar-refractivity contribution is -0.253. The van der Waals surface area contributed by atoms with Crippen molar-refractivity contribution in [3.05, 3.63) is 114 Å². The molecule has 3 aromatic carbocycles. The number of amides is 1. The Morgan fingerprint density at radius 1 is 0.816 bits per heavy atom. The van der Waals surface area contributed by atoms with Crippen molar-refractivity contribution in [2.24, 2.45) is 0 Å². The minimum atomic E-state index is -0.900. The number of nitrogens with one attached hydrogen (secondary N) is 1. The van der Waals surface area contributed by atoms with Crippen molar-refractivity contribution in [1.29, 1.82) is 0 Å². The number of hydrogen-bond donors (Lipinski definition) is 3. The van der Waals surface area contributed by atoms with Crippen LogP contribution < -0.4 is 10.2 Å². The molecular weight excluding hydrogens is 622 g/mol. The number of aromatic nitrogens is 2. The van der Waals surface area contributed by atoms with Gasteiger partial charge < -0.3 is 29.9 Å². The van der Waals surface area contributed by atoms with E-state index in [-0.39, 0.29) is 37.6 Å². The van der Waals surface area contributed by atoms with E-state index in [0.717, 1.165) is 72.1 Å². The van der Waals surface area contributed by atoms with Gasteiger partial charge in [0.05, 0.1) is 18.8 Å². The molecule has 11 nitrogen and oxygen atoms in total. The van der Waals surface area contributed by atoms with E-state index in [4.69, 9.17) is 14.6 Å². The van der Waals surface area contributed by atoms with E-state index in [9.17, 15) is 14.7 Å². The van der Waals surface area contributed by atoms with Crippen LogP contribution in [0.4, 0.5) is 5.95 Å². The Bertz CT molecular complexity index is 1680. The molecule has 0 radical (unpaired) electrons. The van der Waals surface area contributed by atoms with Crippen LogP contribution in [-0.4, -0.2) is 75.8 Å². The number of rotatable bonds is 13. The number of aliphatic hydroxyl groups is 1. The quantitative estimate of drug-likeness (QED) is 0.181. The summed E-state index contributed by atoms with van der Waals surface area (Å²) in [5.74, 6) is -0.301. The number of aliphatic hydroxyl groups excluding tert-OH is 1. The van der Waals surface area contributed by atoms with Gasteiger partial charge in [0.2, 0.25) is 11.9 Å². The lowest BCUT2D eigenvalue weighted by Gasteiger charge is -2.40. The Balaban J connectivity index is 1.14. The van der Waals surface area contributed by atoms with E-state index in [0.29, 0.717) is 19.4 Å². The maximum Gasteiger partial charge on any atom is 0.303 e. The Morgan fingerprint density at radius 2 is 1.55 bits per heavy atom. The lowest BCUT2D eigenvalue weighted by Crippen LogP contribution is -2.50. The van der Waals surface area contributed by atoms with Gasteiger partial charge in [-0.3, -0.25) is 14.5 Å². The number of nitrogens with zero attached hydrogens (tertiary/aromatic N) is 4. The second-order valence-corrected chi connectivity index (χ2v) is 12.5. The van der Waals surface area contributed by atoms with Gasteiger partial charge in [-0.05, 0) is 52.4 Å². The predicted molar refractivity (Wildman–Crippen MR) is 184 cm³/mol. The third-order valence-corrected chi connectivity index (χ3v) is 8.99. The molecule has 49 heavy (non-hydrogen) atoms. The molecule has 3 N–H and O–H groups in total. The van der Waals surface area contributed by atoms with Gasteiger partial charge in [-0.25, -0.2) is 9.97 Å². The number of hydrogen-bond acceptors (Lipinski definition) is 9. The SMILES string of the molecule is O=C(O)CCCC(=O)NCc1cccc(-c2cccc(C3OC(CN4CCN(c5ncccn5)CC4)CC(c4ccc(CO)cc4)O3)c2)c1. The zero-order chi connectivity index (χ0) is 34.0. The average Bonchev–Trinajstić information content (AvgIpc) is 3.14. The van der Waals surface area contributed by atoms with Crippen LogP contribution in [0.2, 0.25) is 0 Å². The summed E-state index contributed by atoms with van der Waals surface area (Å²) in [5, 5.41) is 21.3. The van der Waals surface area contributed by atoms with Crippen molar-refractivity contribution in [3.8, 4) is 11.1 Å². The van der Waals surface area contributed by atoms with Gasteiger partial charge in [-0.1, -0.05) is 60.7 Å². The minimum Gasteiger partial charge on any atom is -0.481 e. The summed E-state index contributed by atoms with van der Waals surface area (Å²) in [6.45, 7) is 4.59. The summed E-state index contributed by atoms with van der Waals surface area (Å²) in [4.78, 5) is 36.4. The van der Waals surface area contributed by atoms with E-state index >= 15 is 0 Å². The Labute approximate surface area is 286 Å². The van der Waals surface area contributed by atoms with E-state index in [2.05, 4.69) is 37.2 Å². The zero-order valence-corrected chi connectivity index (χ0v) is 27.5. The first-order valence-electron chi connectivity index (χ1n) is 16.9. The van der Waals surface area contributed by atoms with Crippen molar-refractivity contribution in [2.45, 2.75) is 57.3 Å². The molecule has 0 saturated carbocycles. The highest BCUT2D eigenvalue weighted by molar-refractivity contribution is 5.76. The molecule has 6 rings (SSSR count). The number of carboxylic acid groups (broad SMARTS) is 1. The molecule has 2 fully saturated rings. The topological polar surface area (TPSA) is 137 Å². The standard InChI is InChI=1S/C38H43N5O6/c44-26-27-11-13-29(14-12-27)34-23-33(25-42-17-19-43(20-18-42)38-39-15-4-16-40-38)48-37(49-34)32-8-2-7-31(22-32)30-6-1-5-28(21-30)24-41-35(45)9-3-10-36(46)47/h1-2,4-8,11-16,21-22,33-34,37,44H,3,9-10,17-20,23-26H2,(H,41,45)(H,46,47). The van der Waals surface area contributed by atoms with Crippen molar-refractivity contribution in [2.75, 3.05) is 37.6 Å². The van der Waals surface area contributed by atoms with Crippen LogP contribution in [-0.2, 0) is 32.2 Å². The van der Waals surface area contributed by atoms with Crippen LogP contribution in [0.5, 0.6) is 0 Å². The summed E-state index contributed by atoms with van der Waals surface area (Å²) >= 11 is 0. The van der Waals surface area contributed by atoms with Crippen molar-refractivity contribution in [1.82, 2.24) is 20.2 Å². The highest BCUT2D eigenvalue weighted by Crippen LogP contribution is 2.39. The molecule has 2 aliphatic rings. The first-order valence-corrected chi connectivity index (χ1v) is 16.9. The number of ether oxygens (including phenoxy) is 2. The minimum absolute atomic E-state index is 0.00663. The van der Waals surface area contributed by atoms with Crippen molar-refractivity contribution < 1.29 is 29.3 Å². The summed E-state index contributed by atoms with van der Waals surface area (Å²) in [5.41, 5.74) is 5.78. The molecule has 256 valence electrons.